The number of hydrogen-bond donors (Lipinski definition) is 1. The molecule has 0 saturated carbocycles. The number of rotatable bonds is 4. The molecule has 4 nitrogen and oxygen atoms in total. The fourth-order valence-electron chi connectivity index (χ4n) is 2.37. The molecule has 0 bridgehead atoms. The maximum absolute atomic E-state index is 12.0. The topological polar surface area (TPSA) is 41.6 Å². The van der Waals surface area contributed by atoms with Gasteiger partial charge in [0.05, 0.1) is 6.61 Å². The van der Waals surface area contributed by atoms with Gasteiger partial charge in [-0.05, 0) is 43.4 Å². The number of likely N-dealkylation sites (tertiary alicyclic amines) is 1. The molecule has 1 heterocycles. The van der Waals surface area contributed by atoms with Crippen LogP contribution in [-0.4, -0.2) is 30.6 Å². The zero-order valence-corrected chi connectivity index (χ0v) is 12.4. The van der Waals surface area contributed by atoms with Crippen molar-refractivity contribution in [2.75, 3.05) is 19.7 Å². The van der Waals surface area contributed by atoms with E-state index in [2.05, 4.69) is 12.2 Å². The highest BCUT2D eigenvalue weighted by Gasteiger charge is 2.19. The fourth-order valence-corrected chi connectivity index (χ4v) is 2.37. The van der Waals surface area contributed by atoms with Crippen LogP contribution in [0.1, 0.15) is 32.3 Å². The maximum atomic E-state index is 12.0. The van der Waals surface area contributed by atoms with Gasteiger partial charge in [0.15, 0.2) is 0 Å². The molecule has 4 heteroatoms. The summed E-state index contributed by atoms with van der Waals surface area (Å²) in [6.45, 7) is 7.19. The third-order valence-corrected chi connectivity index (χ3v) is 3.75. The van der Waals surface area contributed by atoms with E-state index in [0.717, 1.165) is 43.2 Å². The second-order valence-electron chi connectivity index (χ2n) is 5.41. The standard InChI is InChI=1S/C16H24N2O2/c1-3-20-15-6-4-14(5-7-15)12-17-16(19)18-10-8-13(2)9-11-18/h4-7,13H,3,8-12H2,1-2H3,(H,17,19). The summed E-state index contributed by atoms with van der Waals surface area (Å²) in [5.41, 5.74) is 1.09. The summed E-state index contributed by atoms with van der Waals surface area (Å²) >= 11 is 0. The largest absolute Gasteiger partial charge is 0.494 e. The summed E-state index contributed by atoms with van der Waals surface area (Å²) in [7, 11) is 0. The first-order chi connectivity index (χ1) is 9.69. The van der Waals surface area contributed by atoms with Crippen LogP contribution in [0.3, 0.4) is 0 Å². The maximum Gasteiger partial charge on any atom is 0.317 e. The van der Waals surface area contributed by atoms with Gasteiger partial charge in [0, 0.05) is 19.6 Å². The van der Waals surface area contributed by atoms with E-state index >= 15 is 0 Å². The SMILES string of the molecule is CCOc1ccc(CNC(=O)N2CCC(C)CC2)cc1. The fraction of sp³-hybridized carbons (Fsp3) is 0.562. The van der Waals surface area contributed by atoms with Crippen molar-refractivity contribution in [1.82, 2.24) is 10.2 Å². The number of nitrogens with one attached hydrogen (secondary N) is 1. The lowest BCUT2D eigenvalue weighted by atomic mass is 10.00. The summed E-state index contributed by atoms with van der Waals surface area (Å²) in [6.07, 6.45) is 2.22. The molecule has 1 aliphatic heterocycles. The molecule has 20 heavy (non-hydrogen) atoms. The summed E-state index contributed by atoms with van der Waals surface area (Å²) < 4.78 is 5.40. The molecule has 0 spiro atoms. The van der Waals surface area contributed by atoms with Gasteiger partial charge in [-0.3, -0.25) is 0 Å². The normalized spacial score (nSPS) is 16.0. The van der Waals surface area contributed by atoms with E-state index in [1.165, 1.54) is 0 Å². The molecular weight excluding hydrogens is 252 g/mol. The molecule has 0 aromatic heterocycles. The van der Waals surface area contributed by atoms with Crippen molar-refractivity contribution in [2.24, 2.45) is 5.92 Å². The molecule has 2 rings (SSSR count). The van der Waals surface area contributed by atoms with Gasteiger partial charge < -0.3 is 15.0 Å². The Morgan fingerprint density at radius 1 is 1.30 bits per heavy atom. The molecule has 1 saturated heterocycles. The lowest BCUT2D eigenvalue weighted by Crippen LogP contribution is -2.43. The Morgan fingerprint density at radius 3 is 2.55 bits per heavy atom. The smallest absolute Gasteiger partial charge is 0.317 e. The van der Waals surface area contributed by atoms with Crippen LogP contribution in [0.25, 0.3) is 0 Å². The average molecular weight is 276 g/mol. The third kappa shape index (κ3) is 4.15. The molecule has 1 aromatic rings. The van der Waals surface area contributed by atoms with Crippen molar-refractivity contribution in [3.63, 3.8) is 0 Å². The first-order valence-electron chi connectivity index (χ1n) is 7.43. The summed E-state index contributed by atoms with van der Waals surface area (Å²) in [4.78, 5) is 13.9. The van der Waals surface area contributed by atoms with Gasteiger partial charge in [0.25, 0.3) is 0 Å². The number of ether oxygens (including phenoxy) is 1. The van der Waals surface area contributed by atoms with Crippen LogP contribution >= 0.6 is 0 Å². The van der Waals surface area contributed by atoms with Gasteiger partial charge in [-0.1, -0.05) is 19.1 Å². The Labute approximate surface area is 121 Å². The Bertz CT molecular complexity index is 423. The highest BCUT2D eigenvalue weighted by molar-refractivity contribution is 5.74. The molecule has 1 aliphatic rings. The molecule has 0 atom stereocenters. The van der Waals surface area contributed by atoms with E-state index in [-0.39, 0.29) is 6.03 Å². The number of carbonyl (C=O) groups excluding carboxylic acids is 1. The zero-order valence-electron chi connectivity index (χ0n) is 12.4. The van der Waals surface area contributed by atoms with Crippen molar-refractivity contribution in [1.29, 1.82) is 0 Å². The number of benzene rings is 1. The molecule has 1 fully saturated rings. The second-order valence-corrected chi connectivity index (χ2v) is 5.41. The highest BCUT2D eigenvalue weighted by atomic mass is 16.5. The first kappa shape index (κ1) is 14.7. The Balaban J connectivity index is 1.78. The predicted molar refractivity (Wildman–Crippen MR) is 79.8 cm³/mol. The van der Waals surface area contributed by atoms with E-state index in [0.29, 0.717) is 13.2 Å². The van der Waals surface area contributed by atoms with Gasteiger partial charge in [0.2, 0.25) is 0 Å². The minimum Gasteiger partial charge on any atom is -0.494 e. The molecule has 110 valence electrons. The van der Waals surface area contributed by atoms with Crippen LogP contribution in [0.5, 0.6) is 5.75 Å². The molecule has 1 N–H and O–H groups in total. The van der Waals surface area contributed by atoms with Crippen molar-refractivity contribution >= 4 is 6.03 Å². The van der Waals surface area contributed by atoms with Crippen LogP contribution in [-0.2, 0) is 6.54 Å². The van der Waals surface area contributed by atoms with Crippen LogP contribution in [0.2, 0.25) is 0 Å². The molecular formula is C16H24N2O2. The van der Waals surface area contributed by atoms with Gasteiger partial charge in [-0.2, -0.15) is 0 Å². The Morgan fingerprint density at radius 2 is 1.95 bits per heavy atom. The number of carbonyl (C=O) groups is 1. The van der Waals surface area contributed by atoms with Crippen molar-refractivity contribution < 1.29 is 9.53 Å². The molecule has 2 amide bonds. The van der Waals surface area contributed by atoms with Crippen LogP contribution in [0.15, 0.2) is 24.3 Å². The summed E-state index contributed by atoms with van der Waals surface area (Å²) in [5.74, 6) is 1.61. The quantitative estimate of drug-likeness (QED) is 0.918. The number of urea groups is 1. The van der Waals surface area contributed by atoms with Crippen molar-refractivity contribution in [2.45, 2.75) is 33.2 Å². The van der Waals surface area contributed by atoms with Crippen LogP contribution in [0.4, 0.5) is 4.79 Å². The molecule has 0 radical (unpaired) electrons. The van der Waals surface area contributed by atoms with E-state index in [1.807, 2.05) is 36.1 Å². The molecule has 0 unspecified atom stereocenters. The average Bonchev–Trinajstić information content (AvgIpc) is 2.47. The summed E-state index contributed by atoms with van der Waals surface area (Å²) in [5, 5.41) is 2.98. The van der Waals surface area contributed by atoms with E-state index in [1.54, 1.807) is 0 Å². The predicted octanol–water partition coefficient (Wildman–Crippen LogP) is 3.03. The summed E-state index contributed by atoms with van der Waals surface area (Å²) in [6, 6.07) is 7.90. The van der Waals surface area contributed by atoms with Crippen LogP contribution < -0.4 is 10.1 Å². The van der Waals surface area contributed by atoms with Gasteiger partial charge in [-0.15, -0.1) is 0 Å². The number of piperidine rings is 1. The third-order valence-electron chi connectivity index (χ3n) is 3.75. The van der Waals surface area contributed by atoms with Gasteiger partial charge in [0.1, 0.15) is 5.75 Å². The lowest BCUT2D eigenvalue weighted by Gasteiger charge is -2.30. The Kier molecular flexibility index (Phi) is 5.27. The number of amides is 2. The zero-order chi connectivity index (χ0) is 14.4. The van der Waals surface area contributed by atoms with E-state index in [9.17, 15) is 4.79 Å². The second kappa shape index (κ2) is 7.17. The van der Waals surface area contributed by atoms with E-state index in [4.69, 9.17) is 4.74 Å². The molecule has 1 aromatic carbocycles. The van der Waals surface area contributed by atoms with Crippen molar-refractivity contribution in [3.05, 3.63) is 29.8 Å². The first-order valence-corrected chi connectivity index (χ1v) is 7.43. The van der Waals surface area contributed by atoms with Crippen molar-refractivity contribution in [3.8, 4) is 5.75 Å². The lowest BCUT2D eigenvalue weighted by molar-refractivity contribution is 0.173. The van der Waals surface area contributed by atoms with Gasteiger partial charge in [-0.25, -0.2) is 4.79 Å². The Hall–Kier alpha value is -1.71. The minimum absolute atomic E-state index is 0.0470. The monoisotopic (exact) mass is 276 g/mol. The molecule has 0 aliphatic carbocycles. The minimum atomic E-state index is 0.0470. The highest BCUT2D eigenvalue weighted by Crippen LogP contribution is 2.16. The number of hydrogen-bond acceptors (Lipinski definition) is 2. The van der Waals surface area contributed by atoms with Gasteiger partial charge >= 0.3 is 6.03 Å². The number of nitrogens with zero attached hydrogens (tertiary/aromatic N) is 1. The van der Waals surface area contributed by atoms with E-state index < -0.39 is 0 Å². The van der Waals surface area contributed by atoms with Crippen LogP contribution in [0, 0.1) is 5.92 Å².